The third-order valence-electron chi connectivity index (χ3n) is 6.06. The second kappa shape index (κ2) is 13.5. The Kier molecular flexibility index (Phi) is 11.0. The molecule has 1 N–H and O–H groups in total. The average molecular weight is 523 g/mol. The quantitative estimate of drug-likeness (QED) is 0.430. The van der Waals surface area contributed by atoms with Crippen molar-refractivity contribution in [1.82, 2.24) is 9.80 Å². The number of likely N-dealkylation sites (tertiary alicyclic amines) is 1. The van der Waals surface area contributed by atoms with Crippen LogP contribution in [0.3, 0.4) is 0 Å². The highest BCUT2D eigenvalue weighted by Crippen LogP contribution is 2.31. The molecule has 0 spiro atoms. The van der Waals surface area contributed by atoms with Crippen molar-refractivity contribution < 1.29 is 38.4 Å². The molecule has 1 aromatic rings. The number of methoxy groups -OCH3 is 2. The number of carboxylic acid groups (broad SMARTS) is 1. The van der Waals surface area contributed by atoms with E-state index in [2.05, 4.69) is 0 Å². The van der Waals surface area contributed by atoms with E-state index in [1.807, 2.05) is 13.8 Å². The van der Waals surface area contributed by atoms with Crippen molar-refractivity contribution in [3.8, 4) is 11.5 Å². The van der Waals surface area contributed by atoms with Gasteiger partial charge in [-0.1, -0.05) is 0 Å². The maximum Gasteiger partial charge on any atom is 0.410 e. The summed E-state index contributed by atoms with van der Waals surface area (Å²) in [4.78, 5) is 41.5. The van der Waals surface area contributed by atoms with E-state index in [4.69, 9.17) is 18.9 Å². The molecule has 1 fully saturated rings. The van der Waals surface area contributed by atoms with Crippen LogP contribution < -0.4 is 9.47 Å². The smallest absolute Gasteiger partial charge is 0.410 e. The van der Waals surface area contributed by atoms with Gasteiger partial charge in [-0.25, -0.2) is 4.79 Å². The minimum absolute atomic E-state index is 0.165. The van der Waals surface area contributed by atoms with E-state index in [0.717, 1.165) is 0 Å². The highest BCUT2D eigenvalue weighted by Gasteiger charge is 2.39. The van der Waals surface area contributed by atoms with Crippen LogP contribution in [0.2, 0.25) is 0 Å². The largest absolute Gasteiger partial charge is 0.493 e. The zero-order valence-corrected chi connectivity index (χ0v) is 23.1. The molecule has 0 aliphatic carbocycles. The van der Waals surface area contributed by atoms with E-state index in [9.17, 15) is 19.5 Å². The summed E-state index contributed by atoms with van der Waals surface area (Å²) in [5, 5.41) is 9.39. The Hall–Kier alpha value is -3.01. The van der Waals surface area contributed by atoms with Crippen molar-refractivity contribution in [2.75, 3.05) is 34.0 Å². The van der Waals surface area contributed by atoms with Gasteiger partial charge in [0.25, 0.3) is 5.91 Å². The van der Waals surface area contributed by atoms with Gasteiger partial charge in [0.15, 0.2) is 11.5 Å². The van der Waals surface area contributed by atoms with Gasteiger partial charge in [-0.15, -0.1) is 0 Å². The molecule has 208 valence electrons. The lowest BCUT2D eigenvalue weighted by Crippen LogP contribution is -2.57. The van der Waals surface area contributed by atoms with Gasteiger partial charge >= 0.3 is 12.1 Å². The van der Waals surface area contributed by atoms with Gasteiger partial charge in [0.2, 0.25) is 0 Å². The number of hydrogen-bond acceptors (Lipinski definition) is 7. The number of aliphatic carboxylic acids is 1. The number of piperidine rings is 1. The summed E-state index contributed by atoms with van der Waals surface area (Å²) in [6, 6.07) is 4.10. The van der Waals surface area contributed by atoms with E-state index in [0.29, 0.717) is 49.5 Å². The lowest BCUT2D eigenvalue weighted by atomic mass is 9.94. The topological polar surface area (TPSA) is 115 Å². The SMILES string of the molecule is COCCCOc1cc(C(=O)N(C(C)C)C2CCC(CC(=O)O)N(C(=O)OC(C)(C)C)C2)ccc1OC. The minimum Gasteiger partial charge on any atom is -0.493 e. The predicted molar refractivity (Wildman–Crippen MR) is 138 cm³/mol. The molecule has 1 saturated heterocycles. The molecular weight excluding hydrogens is 480 g/mol. The maximum atomic E-state index is 13.8. The number of ether oxygens (including phenoxy) is 4. The standard InChI is InChI=1S/C27H42N2O8/c1-18(2)29(25(32)19-9-12-22(35-7)23(15-19)36-14-8-13-34-6)21-11-10-20(16-24(30)31)28(17-21)26(33)37-27(3,4)5/h9,12,15,18,20-21H,8,10-11,13-14,16-17H2,1-7H3,(H,30,31). The number of rotatable bonds is 11. The summed E-state index contributed by atoms with van der Waals surface area (Å²) in [7, 11) is 3.17. The molecule has 0 bridgehead atoms. The number of amides is 2. The van der Waals surface area contributed by atoms with Crippen LogP contribution in [0.5, 0.6) is 11.5 Å². The molecule has 2 rings (SSSR count). The number of benzene rings is 1. The first-order valence-corrected chi connectivity index (χ1v) is 12.7. The Bertz CT molecular complexity index is 927. The molecule has 10 nitrogen and oxygen atoms in total. The Morgan fingerprint density at radius 1 is 1.11 bits per heavy atom. The normalized spacial score (nSPS) is 17.9. The second-order valence-electron chi connectivity index (χ2n) is 10.5. The maximum absolute atomic E-state index is 13.8. The second-order valence-corrected chi connectivity index (χ2v) is 10.5. The summed E-state index contributed by atoms with van der Waals surface area (Å²) >= 11 is 0. The molecular formula is C27H42N2O8. The van der Waals surface area contributed by atoms with E-state index < -0.39 is 23.7 Å². The van der Waals surface area contributed by atoms with Gasteiger partial charge in [0, 0.05) is 44.3 Å². The number of hydrogen-bond donors (Lipinski definition) is 1. The monoisotopic (exact) mass is 522 g/mol. The van der Waals surface area contributed by atoms with Gasteiger partial charge in [-0.05, 0) is 65.7 Å². The van der Waals surface area contributed by atoms with Crippen LogP contribution in [0.1, 0.15) is 70.7 Å². The van der Waals surface area contributed by atoms with Crippen molar-refractivity contribution >= 4 is 18.0 Å². The zero-order chi connectivity index (χ0) is 27.8. The molecule has 10 heteroatoms. The number of carboxylic acids is 1. The fourth-order valence-corrected chi connectivity index (χ4v) is 4.47. The molecule has 1 aliphatic heterocycles. The summed E-state index contributed by atoms with van der Waals surface area (Å²) < 4.78 is 21.9. The lowest BCUT2D eigenvalue weighted by molar-refractivity contribution is -0.138. The fraction of sp³-hybridized carbons (Fsp3) is 0.667. The predicted octanol–water partition coefficient (Wildman–Crippen LogP) is 4.20. The van der Waals surface area contributed by atoms with Gasteiger partial charge in [-0.3, -0.25) is 9.59 Å². The van der Waals surface area contributed by atoms with Gasteiger partial charge < -0.3 is 33.9 Å². The average Bonchev–Trinajstić information content (AvgIpc) is 2.81. The van der Waals surface area contributed by atoms with E-state index in [1.165, 1.54) is 4.90 Å². The molecule has 2 atom stereocenters. The van der Waals surface area contributed by atoms with Crippen molar-refractivity contribution in [2.24, 2.45) is 0 Å². The minimum atomic E-state index is -0.981. The van der Waals surface area contributed by atoms with Gasteiger partial charge in [-0.2, -0.15) is 0 Å². The number of carbonyl (C=O) groups is 3. The first kappa shape index (κ1) is 30.2. The van der Waals surface area contributed by atoms with Crippen LogP contribution in [0, 0.1) is 0 Å². The molecule has 0 aromatic heterocycles. The van der Waals surface area contributed by atoms with Crippen molar-refractivity contribution in [2.45, 2.75) is 84.0 Å². The first-order valence-electron chi connectivity index (χ1n) is 12.7. The van der Waals surface area contributed by atoms with Gasteiger partial charge in [0.1, 0.15) is 5.60 Å². The Balaban J connectivity index is 2.30. The molecule has 2 unspecified atom stereocenters. The summed E-state index contributed by atoms with van der Waals surface area (Å²) in [6.45, 7) is 10.3. The van der Waals surface area contributed by atoms with E-state index in [1.54, 1.807) is 58.1 Å². The Morgan fingerprint density at radius 3 is 2.38 bits per heavy atom. The summed E-state index contributed by atoms with van der Waals surface area (Å²) in [5.41, 5.74) is -0.290. The Morgan fingerprint density at radius 2 is 1.81 bits per heavy atom. The summed E-state index contributed by atoms with van der Waals surface area (Å²) in [6.07, 6.45) is 0.955. The van der Waals surface area contributed by atoms with E-state index >= 15 is 0 Å². The molecule has 0 radical (unpaired) electrons. The van der Waals surface area contributed by atoms with E-state index in [-0.39, 0.29) is 31.0 Å². The molecule has 1 aliphatic rings. The number of carbonyl (C=O) groups excluding carboxylic acids is 2. The molecule has 2 amide bonds. The van der Waals surface area contributed by atoms with Crippen LogP contribution in [0.25, 0.3) is 0 Å². The van der Waals surface area contributed by atoms with Crippen LogP contribution in [-0.4, -0.2) is 90.6 Å². The van der Waals surface area contributed by atoms with Crippen LogP contribution in [0.4, 0.5) is 4.79 Å². The fourth-order valence-electron chi connectivity index (χ4n) is 4.47. The van der Waals surface area contributed by atoms with Gasteiger partial charge in [0.05, 0.1) is 26.2 Å². The van der Waals surface area contributed by atoms with Crippen LogP contribution >= 0.6 is 0 Å². The molecule has 1 aromatic carbocycles. The first-order chi connectivity index (χ1) is 17.4. The molecule has 0 saturated carbocycles. The van der Waals surface area contributed by atoms with Crippen LogP contribution in [-0.2, 0) is 14.3 Å². The molecule has 1 heterocycles. The van der Waals surface area contributed by atoms with Crippen molar-refractivity contribution in [3.63, 3.8) is 0 Å². The number of nitrogens with zero attached hydrogens (tertiary/aromatic N) is 2. The lowest BCUT2D eigenvalue weighted by Gasteiger charge is -2.45. The molecule has 37 heavy (non-hydrogen) atoms. The van der Waals surface area contributed by atoms with Crippen molar-refractivity contribution in [3.05, 3.63) is 23.8 Å². The third-order valence-corrected chi connectivity index (χ3v) is 6.06. The van der Waals surface area contributed by atoms with Crippen molar-refractivity contribution in [1.29, 1.82) is 0 Å². The third kappa shape index (κ3) is 8.80. The highest BCUT2D eigenvalue weighted by molar-refractivity contribution is 5.95. The Labute approximate surface area is 219 Å². The van der Waals surface area contributed by atoms with Crippen LogP contribution in [0.15, 0.2) is 18.2 Å². The highest BCUT2D eigenvalue weighted by atomic mass is 16.6. The summed E-state index contributed by atoms with van der Waals surface area (Å²) in [5.74, 6) is -0.195. The zero-order valence-electron chi connectivity index (χ0n) is 23.1.